The summed E-state index contributed by atoms with van der Waals surface area (Å²) in [4.78, 5) is 54.9. The van der Waals surface area contributed by atoms with Crippen molar-refractivity contribution in [2.24, 2.45) is 7.05 Å². The molecule has 52 heavy (non-hydrogen) atoms. The Morgan fingerprint density at radius 3 is 2.40 bits per heavy atom. The molecule has 2 saturated heterocycles. The number of furan rings is 1. The number of imide groups is 1. The minimum absolute atomic E-state index is 0.0247. The molecule has 5 heterocycles. The number of urea groups is 1. The second kappa shape index (κ2) is 14.7. The van der Waals surface area contributed by atoms with Crippen LogP contribution < -0.4 is 10.6 Å². The highest BCUT2D eigenvalue weighted by Gasteiger charge is 2.37. The van der Waals surface area contributed by atoms with Crippen LogP contribution in [0.1, 0.15) is 44.0 Å². The average molecular weight is 756 g/mol. The first-order valence-corrected chi connectivity index (χ1v) is 17.4. The maximum Gasteiger partial charge on any atom is 0.342 e. The first kappa shape index (κ1) is 35.6. The van der Waals surface area contributed by atoms with Crippen LogP contribution in [-0.2, 0) is 31.4 Å². The molecular weight excluding hydrogens is 721 g/mol. The van der Waals surface area contributed by atoms with Crippen molar-refractivity contribution in [2.75, 3.05) is 39.3 Å². The zero-order valence-electron chi connectivity index (χ0n) is 28.0. The van der Waals surface area contributed by atoms with E-state index in [1.165, 1.54) is 33.0 Å². The number of carbonyl (C=O) groups is 4. The SMILES string of the molecule is Cn1ncc(Cl)c1-c1cc(C(=O)N[C@@H](Cc2ccc(F)c(F)c2)CN2CCN(Cc3ccc4c(c3)CN(N3CCC(=O)NC3=O)C4=O)CC2)oc1Cl. The van der Waals surface area contributed by atoms with Crippen molar-refractivity contribution in [3.63, 3.8) is 0 Å². The van der Waals surface area contributed by atoms with Gasteiger partial charge in [0.1, 0.15) is 0 Å². The summed E-state index contributed by atoms with van der Waals surface area (Å²) in [7, 11) is 1.69. The summed E-state index contributed by atoms with van der Waals surface area (Å²) in [5.74, 6) is -3.13. The molecule has 3 aliphatic heterocycles. The zero-order chi connectivity index (χ0) is 36.7. The normalized spacial score (nSPS) is 17.4. The Morgan fingerprint density at radius 2 is 1.69 bits per heavy atom. The van der Waals surface area contributed by atoms with E-state index < -0.39 is 29.6 Å². The standard InChI is InChI=1S/C35H34Cl2F2N8O5/c1-43-31(26(36)16-40-43)25-15-29(52-32(25)37)33(49)41-23(13-20-3-5-27(38)28(39)14-20)19-45-10-8-44(9-11-45)17-21-2-4-24-22(12-21)18-47(34(24)50)46-7-6-30(48)42-35(46)51/h2-5,12,14-16,23H,6-11,13,17-19H2,1H3,(H,41,49)(H,42,48,51)/t23-/m0/s1. The molecule has 3 aliphatic rings. The topological polar surface area (TPSA) is 136 Å². The van der Waals surface area contributed by atoms with Crippen LogP contribution in [0.15, 0.2) is 53.1 Å². The van der Waals surface area contributed by atoms with Crippen LogP contribution in [0, 0.1) is 11.6 Å². The quantitative estimate of drug-likeness (QED) is 0.246. The maximum atomic E-state index is 14.1. The molecule has 17 heteroatoms. The molecule has 272 valence electrons. The molecule has 2 N–H and O–H groups in total. The number of nitrogens with one attached hydrogen (secondary N) is 2. The Kier molecular flexibility index (Phi) is 10.0. The van der Waals surface area contributed by atoms with Gasteiger partial charge in [-0.05, 0) is 52.9 Å². The molecule has 2 aromatic carbocycles. The lowest BCUT2D eigenvalue weighted by atomic mass is 10.0. The van der Waals surface area contributed by atoms with E-state index in [0.29, 0.717) is 53.6 Å². The van der Waals surface area contributed by atoms with Crippen LogP contribution in [-0.4, -0.2) is 98.7 Å². The summed E-state index contributed by atoms with van der Waals surface area (Å²) in [6, 6.07) is 9.76. The van der Waals surface area contributed by atoms with Crippen LogP contribution >= 0.6 is 23.2 Å². The number of halogens is 4. The van der Waals surface area contributed by atoms with Crippen LogP contribution in [0.5, 0.6) is 0 Å². The second-order valence-electron chi connectivity index (χ2n) is 13.0. The summed E-state index contributed by atoms with van der Waals surface area (Å²) >= 11 is 12.6. The fraction of sp³-hybridized carbons (Fsp3) is 0.343. The first-order chi connectivity index (χ1) is 24.9. The van der Waals surface area contributed by atoms with E-state index in [1.807, 2.05) is 12.1 Å². The van der Waals surface area contributed by atoms with Crippen LogP contribution in [0.3, 0.4) is 0 Å². The number of amides is 5. The van der Waals surface area contributed by atoms with Crippen LogP contribution in [0.2, 0.25) is 10.2 Å². The molecule has 0 bridgehead atoms. The van der Waals surface area contributed by atoms with Gasteiger partial charge in [0.05, 0.1) is 35.6 Å². The van der Waals surface area contributed by atoms with Crippen LogP contribution in [0.4, 0.5) is 13.6 Å². The van der Waals surface area contributed by atoms with E-state index in [2.05, 4.69) is 25.5 Å². The van der Waals surface area contributed by atoms with Crippen molar-refractivity contribution in [1.82, 2.24) is 40.2 Å². The molecule has 13 nitrogen and oxygen atoms in total. The van der Waals surface area contributed by atoms with Gasteiger partial charge in [0.15, 0.2) is 17.4 Å². The number of carbonyl (C=O) groups excluding carboxylic acids is 4. The first-order valence-electron chi connectivity index (χ1n) is 16.6. The predicted molar refractivity (Wildman–Crippen MR) is 185 cm³/mol. The molecule has 7 rings (SSSR count). The summed E-state index contributed by atoms with van der Waals surface area (Å²) in [5, 5.41) is 12.3. The number of rotatable bonds is 10. The number of nitrogens with zero attached hydrogens (tertiary/aromatic N) is 6. The fourth-order valence-electron chi connectivity index (χ4n) is 6.86. The maximum absolute atomic E-state index is 14.1. The molecule has 4 aromatic rings. The van der Waals surface area contributed by atoms with E-state index in [0.717, 1.165) is 36.3 Å². The van der Waals surface area contributed by atoms with Crippen LogP contribution in [0.25, 0.3) is 11.3 Å². The summed E-state index contributed by atoms with van der Waals surface area (Å²) in [5.41, 5.74) is 3.78. The van der Waals surface area contributed by atoms with Gasteiger partial charge < -0.3 is 9.73 Å². The Hall–Kier alpha value is -4.83. The molecular formula is C35H34Cl2F2N8O5. The van der Waals surface area contributed by atoms with Crippen molar-refractivity contribution in [2.45, 2.75) is 32.0 Å². The lowest BCUT2D eigenvalue weighted by Gasteiger charge is -2.36. The smallest absolute Gasteiger partial charge is 0.342 e. The Balaban J connectivity index is 0.986. The number of benzene rings is 2. The van der Waals surface area contributed by atoms with Gasteiger partial charge in [-0.3, -0.25) is 34.2 Å². The lowest BCUT2D eigenvalue weighted by Crippen LogP contribution is -2.56. The highest BCUT2D eigenvalue weighted by Crippen LogP contribution is 2.35. The fourth-order valence-corrected chi connectivity index (χ4v) is 7.36. The molecule has 0 aliphatic carbocycles. The van der Waals surface area contributed by atoms with Crippen molar-refractivity contribution in [3.05, 3.63) is 98.6 Å². The molecule has 2 fully saturated rings. The van der Waals surface area contributed by atoms with Crippen molar-refractivity contribution in [3.8, 4) is 11.3 Å². The van der Waals surface area contributed by atoms with Gasteiger partial charge >= 0.3 is 6.03 Å². The molecule has 0 saturated carbocycles. The lowest BCUT2D eigenvalue weighted by molar-refractivity contribution is -0.123. The monoisotopic (exact) mass is 754 g/mol. The average Bonchev–Trinajstić information content (AvgIpc) is 3.76. The van der Waals surface area contributed by atoms with Gasteiger partial charge in [0.2, 0.25) is 11.1 Å². The highest BCUT2D eigenvalue weighted by atomic mass is 35.5. The third-order valence-corrected chi connectivity index (χ3v) is 10.0. The zero-order valence-corrected chi connectivity index (χ0v) is 29.5. The largest absolute Gasteiger partial charge is 0.439 e. The molecule has 0 spiro atoms. The minimum atomic E-state index is -0.969. The minimum Gasteiger partial charge on any atom is -0.439 e. The van der Waals surface area contributed by atoms with E-state index >= 15 is 0 Å². The summed E-state index contributed by atoms with van der Waals surface area (Å²) in [6.45, 7) is 4.26. The van der Waals surface area contributed by atoms with Gasteiger partial charge in [-0.2, -0.15) is 5.10 Å². The van der Waals surface area contributed by atoms with E-state index in [9.17, 15) is 28.0 Å². The molecule has 0 unspecified atom stereocenters. The number of aromatic nitrogens is 2. The number of hydrogen-bond donors (Lipinski definition) is 2. The molecule has 0 radical (unpaired) electrons. The summed E-state index contributed by atoms with van der Waals surface area (Å²) < 4.78 is 35.0. The number of hydrogen-bond acceptors (Lipinski definition) is 8. The van der Waals surface area contributed by atoms with E-state index in [1.54, 1.807) is 13.1 Å². The summed E-state index contributed by atoms with van der Waals surface area (Å²) in [6.07, 6.45) is 1.82. The van der Waals surface area contributed by atoms with Crippen molar-refractivity contribution >= 4 is 47.0 Å². The van der Waals surface area contributed by atoms with Crippen molar-refractivity contribution < 1.29 is 32.4 Å². The van der Waals surface area contributed by atoms with E-state index in [-0.39, 0.29) is 48.7 Å². The Labute approximate surface area is 307 Å². The highest BCUT2D eigenvalue weighted by molar-refractivity contribution is 6.35. The number of fused-ring (bicyclic) bond motifs is 1. The van der Waals surface area contributed by atoms with Gasteiger partial charge in [-0.25, -0.2) is 23.6 Å². The van der Waals surface area contributed by atoms with Gasteiger partial charge in [0.25, 0.3) is 11.8 Å². The third kappa shape index (κ3) is 7.39. The van der Waals surface area contributed by atoms with Gasteiger partial charge in [0, 0.05) is 70.4 Å². The van der Waals surface area contributed by atoms with Gasteiger partial charge in [-0.1, -0.05) is 29.8 Å². The van der Waals surface area contributed by atoms with Gasteiger partial charge in [-0.15, -0.1) is 0 Å². The second-order valence-corrected chi connectivity index (χ2v) is 13.8. The molecule has 5 amide bonds. The number of piperazine rings is 1. The molecule has 1 atom stereocenters. The Morgan fingerprint density at radius 1 is 0.942 bits per heavy atom. The number of aryl methyl sites for hydroxylation is 1. The molecule has 2 aromatic heterocycles. The van der Waals surface area contributed by atoms with E-state index in [4.69, 9.17) is 27.6 Å². The van der Waals surface area contributed by atoms with Crippen molar-refractivity contribution in [1.29, 1.82) is 0 Å². The Bertz CT molecular complexity index is 2040. The predicted octanol–water partition coefficient (Wildman–Crippen LogP) is 4.24. The third-order valence-electron chi connectivity index (χ3n) is 9.49. The number of hydrazine groups is 1.